The Bertz CT molecular complexity index is 678. The highest BCUT2D eigenvalue weighted by Gasteiger charge is 2.20. The maximum Gasteiger partial charge on any atom is 0.258 e. The summed E-state index contributed by atoms with van der Waals surface area (Å²) in [6, 6.07) is 6.15. The summed E-state index contributed by atoms with van der Waals surface area (Å²) in [6.07, 6.45) is 5.59. The first-order valence-electron chi connectivity index (χ1n) is 7.61. The summed E-state index contributed by atoms with van der Waals surface area (Å²) < 4.78 is 7.74. The number of benzene rings is 1. The SMILES string of the molecule is Cc1ccc(C)c(OCC(=O)N[C@H]2CCc3nccn3C2)c1. The van der Waals surface area contributed by atoms with Crippen LogP contribution in [-0.4, -0.2) is 28.1 Å². The second kappa shape index (κ2) is 6.22. The van der Waals surface area contributed by atoms with Gasteiger partial charge in [-0.2, -0.15) is 0 Å². The van der Waals surface area contributed by atoms with Gasteiger partial charge in [0.2, 0.25) is 0 Å². The summed E-state index contributed by atoms with van der Waals surface area (Å²) in [6.45, 7) is 4.83. The summed E-state index contributed by atoms with van der Waals surface area (Å²) >= 11 is 0. The topological polar surface area (TPSA) is 56.1 Å². The molecule has 1 aromatic carbocycles. The molecule has 2 aromatic rings. The number of carbonyl (C=O) groups excluding carboxylic acids is 1. The highest BCUT2D eigenvalue weighted by atomic mass is 16.5. The van der Waals surface area contributed by atoms with E-state index in [9.17, 15) is 4.79 Å². The van der Waals surface area contributed by atoms with E-state index < -0.39 is 0 Å². The van der Waals surface area contributed by atoms with Crippen molar-refractivity contribution in [2.75, 3.05) is 6.61 Å². The number of hydrogen-bond donors (Lipinski definition) is 1. The van der Waals surface area contributed by atoms with Crippen LogP contribution in [0.3, 0.4) is 0 Å². The highest BCUT2D eigenvalue weighted by Crippen LogP contribution is 2.19. The molecule has 0 saturated heterocycles. The average molecular weight is 299 g/mol. The molecule has 0 spiro atoms. The molecule has 1 aromatic heterocycles. The summed E-state index contributed by atoms with van der Waals surface area (Å²) in [5, 5.41) is 3.04. The van der Waals surface area contributed by atoms with Gasteiger partial charge in [-0.1, -0.05) is 12.1 Å². The number of aryl methyl sites for hydroxylation is 3. The zero-order valence-corrected chi connectivity index (χ0v) is 13.0. The molecule has 1 aliphatic heterocycles. The maximum atomic E-state index is 12.1. The van der Waals surface area contributed by atoms with E-state index in [2.05, 4.69) is 14.9 Å². The number of imidazole rings is 1. The van der Waals surface area contributed by atoms with Crippen LogP contribution in [0.15, 0.2) is 30.6 Å². The van der Waals surface area contributed by atoms with Crippen molar-refractivity contribution in [3.05, 3.63) is 47.5 Å². The van der Waals surface area contributed by atoms with Gasteiger partial charge in [0.15, 0.2) is 6.61 Å². The van der Waals surface area contributed by atoms with Crippen molar-refractivity contribution in [2.45, 2.75) is 39.3 Å². The van der Waals surface area contributed by atoms with Gasteiger partial charge < -0.3 is 14.6 Å². The average Bonchev–Trinajstić information content (AvgIpc) is 2.96. The van der Waals surface area contributed by atoms with Gasteiger partial charge in [0, 0.05) is 31.4 Å². The Kier molecular flexibility index (Phi) is 4.13. The van der Waals surface area contributed by atoms with Crippen molar-refractivity contribution >= 4 is 5.91 Å². The third-order valence-corrected chi connectivity index (χ3v) is 4.00. The molecule has 0 radical (unpaired) electrons. The number of ether oxygens (including phenoxy) is 1. The van der Waals surface area contributed by atoms with Gasteiger partial charge in [-0.05, 0) is 37.5 Å². The first kappa shape index (κ1) is 14.6. The van der Waals surface area contributed by atoms with Gasteiger partial charge in [-0.15, -0.1) is 0 Å². The van der Waals surface area contributed by atoms with Gasteiger partial charge in [-0.3, -0.25) is 4.79 Å². The van der Waals surface area contributed by atoms with E-state index in [0.717, 1.165) is 42.1 Å². The second-order valence-electron chi connectivity index (χ2n) is 5.86. The van der Waals surface area contributed by atoms with E-state index in [1.807, 2.05) is 44.4 Å². The van der Waals surface area contributed by atoms with Gasteiger partial charge >= 0.3 is 0 Å². The lowest BCUT2D eigenvalue weighted by Crippen LogP contribution is -2.42. The van der Waals surface area contributed by atoms with Crippen LogP contribution in [0, 0.1) is 13.8 Å². The molecule has 5 heteroatoms. The molecule has 0 unspecified atom stereocenters. The summed E-state index contributed by atoms with van der Waals surface area (Å²) in [7, 11) is 0. The van der Waals surface area contributed by atoms with Gasteiger partial charge in [0.1, 0.15) is 11.6 Å². The Morgan fingerprint density at radius 3 is 3.18 bits per heavy atom. The first-order chi connectivity index (χ1) is 10.6. The predicted octanol–water partition coefficient (Wildman–Crippen LogP) is 2.01. The molecule has 1 amide bonds. The Labute approximate surface area is 130 Å². The lowest BCUT2D eigenvalue weighted by atomic mass is 10.1. The molecule has 22 heavy (non-hydrogen) atoms. The smallest absolute Gasteiger partial charge is 0.258 e. The minimum atomic E-state index is -0.0746. The van der Waals surface area contributed by atoms with E-state index in [-0.39, 0.29) is 18.6 Å². The second-order valence-corrected chi connectivity index (χ2v) is 5.86. The number of aromatic nitrogens is 2. The van der Waals surface area contributed by atoms with Gasteiger partial charge in [0.05, 0.1) is 0 Å². The molecule has 0 fully saturated rings. The Hall–Kier alpha value is -2.30. The van der Waals surface area contributed by atoms with E-state index in [0.29, 0.717) is 0 Å². The van der Waals surface area contributed by atoms with Crippen LogP contribution in [0.25, 0.3) is 0 Å². The van der Waals surface area contributed by atoms with Crippen LogP contribution in [0.4, 0.5) is 0 Å². The number of nitrogens with zero attached hydrogens (tertiary/aromatic N) is 2. The molecule has 3 rings (SSSR count). The molecule has 1 aliphatic rings. The third kappa shape index (κ3) is 3.30. The zero-order valence-electron chi connectivity index (χ0n) is 13.0. The number of rotatable bonds is 4. The maximum absolute atomic E-state index is 12.1. The van der Waals surface area contributed by atoms with Crippen LogP contribution in [0.1, 0.15) is 23.4 Å². The summed E-state index contributed by atoms with van der Waals surface area (Å²) in [5.74, 6) is 1.79. The summed E-state index contributed by atoms with van der Waals surface area (Å²) in [5.41, 5.74) is 2.17. The fourth-order valence-corrected chi connectivity index (χ4v) is 2.76. The quantitative estimate of drug-likeness (QED) is 0.939. The Balaban J connectivity index is 1.52. The van der Waals surface area contributed by atoms with Crippen molar-refractivity contribution in [1.82, 2.24) is 14.9 Å². The largest absolute Gasteiger partial charge is 0.483 e. The molecule has 1 N–H and O–H groups in total. The van der Waals surface area contributed by atoms with E-state index >= 15 is 0 Å². The number of carbonyl (C=O) groups is 1. The molecule has 116 valence electrons. The van der Waals surface area contributed by atoms with Crippen LogP contribution < -0.4 is 10.1 Å². The van der Waals surface area contributed by atoms with E-state index in [1.54, 1.807) is 0 Å². The third-order valence-electron chi connectivity index (χ3n) is 4.00. The molecule has 2 heterocycles. The number of hydrogen-bond acceptors (Lipinski definition) is 3. The molecule has 1 atom stereocenters. The lowest BCUT2D eigenvalue weighted by molar-refractivity contribution is -0.124. The molecular weight excluding hydrogens is 278 g/mol. The van der Waals surface area contributed by atoms with Crippen molar-refractivity contribution < 1.29 is 9.53 Å². The minimum absolute atomic E-state index is 0.0532. The molecular formula is C17H21N3O2. The lowest BCUT2D eigenvalue weighted by Gasteiger charge is -2.24. The fourth-order valence-electron chi connectivity index (χ4n) is 2.76. The van der Waals surface area contributed by atoms with Crippen LogP contribution >= 0.6 is 0 Å². The Morgan fingerprint density at radius 1 is 1.45 bits per heavy atom. The number of nitrogens with one attached hydrogen (secondary N) is 1. The molecule has 0 saturated carbocycles. The van der Waals surface area contributed by atoms with Crippen LogP contribution in [0.5, 0.6) is 5.75 Å². The highest BCUT2D eigenvalue weighted by molar-refractivity contribution is 5.77. The first-order valence-corrected chi connectivity index (χ1v) is 7.61. The zero-order chi connectivity index (χ0) is 15.5. The number of amides is 1. The normalized spacial score (nSPS) is 16.9. The van der Waals surface area contributed by atoms with Crippen molar-refractivity contribution in [1.29, 1.82) is 0 Å². The molecule has 0 bridgehead atoms. The van der Waals surface area contributed by atoms with E-state index in [1.165, 1.54) is 0 Å². The Morgan fingerprint density at radius 2 is 2.32 bits per heavy atom. The van der Waals surface area contributed by atoms with Crippen LogP contribution in [-0.2, 0) is 17.8 Å². The minimum Gasteiger partial charge on any atom is -0.483 e. The summed E-state index contributed by atoms with van der Waals surface area (Å²) in [4.78, 5) is 16.4. The van der Waals surface area contributed by atoms with Gasteiger partial charge in [0.25, 0.3) is 5.91 Å². The monoisotopic (exact) mass is 299 g/mol. The van der Waals surface area contributed by atoms with Crippen LogP contribution in [0.2, 0.25) is 0 Å². The standard InChI is InChI=1S/C17H21N3O2/c1-12-3-4-13(2)15(9-12)22-11-17(21)19-14-5-6-16-18-7-8-20(16)10-14/h3-4,7-9,14H,5-6,10-11H2,1-2H3,(H,19,21)/t14-/m0/s1. The number of fused-ring (bicyclic) bond motifs is 1. The van der Waals surface area contributed by atoms with Gasteiger partial charge in [-0.25, -0.2) is 4.98 Å². The van der Waals surface area contributed by atoms with Crippen molar-refractivity contribution in [3.8, 4) is 5.75 Å². The molecule has 0 aliphatic carbocycles. The fraction of sp³-hybridized carbons (Fsp3) is 0.412. The van der Waals surface area contributed by atoms with Crippen molar-refractivity contribution in [3.63, 3.8) is 0 Å². The molecule has 5 nitrogen and oxygen atoms in total. The van der Waals surface area contributed by atoms with E-state index in [4.69, 9.17) is 4.74 Å². The predicted molar refractivity (Wildman–Crippen MR) is 83.9 cm³/mol. The van der Waals surface area contributed by atoms with Crippen molar-refractivity contribution in [2.24, 2.45) is 0 Å².